The minimum atomic E-state index is 0.00731. The molecule has 2 aromatic rings. The molecule has 2 N–H and O–H groups in total. The number of ether oxygens (including phenoxy) is 1. The highest BCUT2D eigenvalue weighted by molar-refractivity contribution is 5.30. The summed E-state index contributed by atoms with van der Waals surface area (Å²) in [4.78, 5) is 8.24. The van der Waals surface area contributed by atoms with Gasteiger partial charge in [0.1, 0.15) is 17.9 Å². The Labute approximate surface area is 122 Å². The van der Waals surface area contributed by atoms with E-state index >= 15 is 0 Å². The summed E-state index contributed by atoms with van der Waals surface area (Å²) in [6, 6.07) is 5.53. The number of aromatic amines is 1. The van der Waals surface area contributed by atoms with Gasteiger partial charge in [0.05, 0.1) is 5.69 Å². The normalized spacial score (nSPS) is 21.7. The molecule has 3 rings (SSSR count). The number of rotatable bonds is 4. The Bertz CT molecular complexity index is 621. The summed E-state index contributed by atoms with van der Waals surface area (Å²) < 4.78 is 5.86. The fourth-order valence-corrected chi connectivity index (χ4v) is 2.55. The predicted octanol–water partition coefficient (Wildman–Crippen LogP) is 1.65. The lowest BCUT2D eigenvalue weighted by atomic mass is 9.92. The molecular weight excluding hydrogens is 268 g/mol. The molecule has 2 atom stereocenters. The summed E-state index contributed by atoms with van der Waals surface area (Å²) >= 11 is 0. The molecule has 0 saturated carbocycles. The number of anilines is 1. The molecular formula is C14H16N6O. The molecule has 1 aliphatic heterocycles. The lowest BCUT2D eigenvalue weighted by molar-refractivity contribution is -0.0264. The van der Waals surface area contributed by atoms with E-state index in [1.165, 1.54) is 0 Å². The van der Waals surface area contributed by atoms with Crippen molar-refractivity contribution in [3.05, 3.63) is 35.9 Å². The lowest BCUT2D eigenvalue weighted by Gasteiger charge is -2.31. The van der Waals surface area contributed by atoms with Crippen molar-refractivity contribution in [2.45, 2.75) is 18.9 Å². The van der Waals surface area contributed by atoms with Gasteiger partial charge in [-0.1, -0.05) is 0 Å². The van der Waals surface area contributed by atoms with Crippen molar-refractivity contribution in [1.29, 1.82) is 5.26 Å². The average Bonchev–Trinajstić information content (AvgIpc) is 3.08. The highest BCUT2D eigenvalue weighted by Gasteiger charge is 2.28. The van der Waals surface area contributed by atoms with Crippen LogP contribution >= 0.6 is 0 Å². The molecule has 1 aliphatic rings. The SMILES string of the molecule is N#Cc1ccnc(NC[C@@H]2CCCO[C@H]2c2ccn[nH]2)n1. The largest absolute Gasteiger partial charge is 0.372 e. The van der Waals surface area contributed by atoms with Crippen LogP contribution in [0.2, 0.25) is 0 Å². The van der Waals surface area contributed by atoms with E-state index in [0.717, 1.165) is 25.1 Å². The van der Waals surface area contributed by atoms with Crippen LogP contribution in [-0.2, 0) is 4.74 Å². The summed E-state index contributed by atoms with van der Waals surface area (Å²) in [6.45, 7) is 1.46. The van der Waals surface area contributed by atoms with E-state index in [4.69, 9.17) is 10.00 Å². The standard InChI is InChI=1S/C14H16N6O/c15-8-11-3-5-16-14(19-11)17-9-10-2-1-7-21-13(10)12-4-6-18-20-12/h3-6,10,13H,1-2,7,9H2,(H,18,20)(H,16,17,19)/t10-,13+/m0/s1. The fourth-order valence-electron chi connectivity index (χ4n) is 2.55. The summed E-state index contributed by atoms with van der Waals surface area (Å²) in [5.41, 5.74) is 1.35. The fraction of sp³-hybridized carbons (Fsp3) is 0.429. The average molecular weight is 284 g/mol. The van der Waals surface area contributed by atoms with Crippen LogP contribution < -0.4 is 5.32 Å². The van der Waals surface area contributed by atoms with Crippen LogP contribution in [0.3, 0.4) is 0 Å². The topological polar surface area (TPSA) is 99.5 Å². The minimum absolute atomic E-state index is 0.00731. The van der Waals surface area contributed by atoms with Crippen LogP contribution in [0.1, 0.15) is 30.3 Å². The van der Waals surface area contributed by atoms with Crippen molar-refractivity contribution < 1.29 is 4.74 Å². The van der Waals surface area contributed by atoms with Crippen LogP contribution in [0, 0.1) is 17.2 Å². The zero-order valence-corrected chi connectivity index (χ0v) is 11.5. The molecule has 1 fully saturated rings. The third-order valence-electron chi connectivity index (χ3n) is 3.57. The van der Waals surface area contributed by atoms with Gasteiger partial charge in [-0.2, -0.15) is 10.4 Å². The summed E-state index contributed by atoms with van der Waals surface area (Å²) in [7, 11) is 0. The van der Waals surface area contributed by atoms with Gasteiger partial charge in [0.15, 0.2) is 0 Å². The lowest BCUT2D eigenvalue weighted by Crippen LogP contribution is -2.29. The maximum atomic E-state index is 8.85. The van der Waals surface area contributed by atoms with E-state index in [2.05, 4.69) is 25.5 Å². The summed E-state index contributed by atoms with van der Waals surface area (Å²) in [5.74, 6) is 0.788. The van der Waals surface area contributed by atoms with Crippen LogP contribution in [-0.4, -0.2) is 33.3 Å². The number of nitrogens with one attached hydrogen (secondary N) is 2. The van der Waals surface area contributed by atoms with E-state index in [1.54, 1.807) is 18.5 Å². The Morgan fingerprint density at radius 3 is 3.19 bits per heavy atom. The third kappa shape index (κ3) is 3.17. The second-order valence-corrected chi connectivity index (χ2v) is 4.96. The van der Waals surface area contributed by atoms with Crippen LogP contribution in [0.4, 0.5) is 5.95 Å². The van der Waals surface area contributed by atoms with E-state index in [1.807, 2.05) is 12.1 Å². The van der Waals surface area contributed by atoms with Gasteiger partial charge in [0, 0.05) is 31.5 Å². The first-order valence-corrected chi connectivity index (χ1v) is 6.94. The van der Waals surface area contributed by atoms with Gasteiger partial charge in [-0.15, -0.1) is 0 Å². The Morgan fingerprint density at radius 2 is 2.38 bits per heavy atom. The van der Waals surface area contributed by atoms with E-state index in [9.17, 15) is 0 Å². The smallest absolute Gasteiger partial charge is 0.223 e. The Hall–Kier alpha value is -2.46. The van der Waals surface area contributed by atoms with Crippen LogP contribution in [0.5, 0.6) is 0 Å². The van der Waals surface area contributed by atoms with Crippen LogP contribution in [0.15, 0.2) is 24.5 Å². The summed E-state index contributed by atoms with van der Waals surface area (Å²) in [5, 5.41) is 19.0. The Balaban J connectivity index is 1.66. The van der Waals surface area contributed by atoms with Gasteiger partial charge in [-0.25, -0.2) is 9.97 Å². The molecule has 0 unspecified atom stereocenters. The van der Waals surface area contributed by atoms with Gasteiger partial charge in [0.25, 0.3) is 0 Å². The van der Waals surface area contributed by atoms with E-state index < -0.39 is 0 Å². The van der Waals surface area contributed by atoms with Gasteiger partial charge < -0.3 is 10.1 Å². The monoisotopic (exact) mass is 284 g/mol. The molecule has 0 aromatic carbocycles. The first kappa shape index (κ1) is 13.5. The molecule has 0 bridgehead atoms. The molecule has 0 amide bonds. The Morgan fingerprint density at radius 1 is 1.43 bits per heavy atom. The predicted molar refractivity (Wildman–Crippen MR) is 75.2 cm³/mol. The molecule has 7 heteroatoms. The number of hydrogen-bond acceptors (Lipinski definition) is 6. The molecule has 3 heterocycles. The first-order chi connectivity index (χ1) is 10.4. The third-order valence-corrected chi connectivity index (χ3v) is 3.57. The van der Waals surface area contributed by atoms with Crippen molar-refractivity contribution in [3.63, 3.8) is 0 Å². The van der Waals surface area contributed by atoms with Crippen molar-refractivity contribution in [2.24, 2.45) is 5.92 Å². The van der Waals surface area contributed by atoms with E-state index in [-0.39, 0.29) is 6.10 Å². The van der Waals surface area contributed by atoms with Crippen molar-refractivity contribution >= 4 is 5.95 Å². The van der Waals surface area contributed by atoms with Crippen LogP contribution in [0.25, 0.3) is 0 Å². The van der Waals surface area contributed by atoms with Crippen molar-refractivity contribution in [3.8, 4) is 6.07 Å². The molecule has 0 aliphatic carbocycles. The van der Waals surface area contributed by atoms with Gasteiger partial charge in [-0.05, 0) is 25.0 Å². The molecule has 0 spiro atoms. The summed E-state index contributed by atoms with van der Waals surface area (Å²) in [6.07, 6.45) is 5.42. The molecule has 21 heavy (non-hydrogen) atoms. The molecule has 1 saturated heterocycles. The second kappa shape index (κ2) is 6.33. The zero-order chi connectivity index (χ0) is 14.5. The highest BCUT2D eigenvalue weighted by Crippen LogP contribution is 2.32. The molecule has 108 valence electrons. The maximum absolute atomic E-state index is 8.85. The van der Waals surface area contributed by atoms with Gasteiger partial charge in [0.2, 0.25) is 5.95 Å². The van der Waals surface area contributed by atoms with Gasteiger partial charge in [-0.3, -0.25) is 5.10 Å². The van der Waals surface area contributed by atoms with Crippen molar-refractivity contribution in [2.75, 3.05) is 18.5 Å². The zero-order valence-electron chi connectivity index (χ0n) is 11.5. The number of H-pyrrole nitrogens is 1. The molecule has 7 nitrogen and oxygen atoms in total. The second-order valence-electron chi connectivity index (χ2n) is 4.96. The number of hydrogen-bond donors (Lipinski definition) is 2. The Kier molecular flexibility index (Phi) is 4.07. The number of nitriles is 1. The molecule has 2 aromatic heterocycles. The van der Waals surface area contributed by atoms with Gasteiger partial charge >= 0.3 is 0 Å². The highest BCUT2D eigenvalue weighted by atomic mass is 16.5. The maximum Gasteiger partial charge on any atom is 0.223 e. The number of nitrogens with zero attached hydrogens (tertiary/aromatic N) is 4. The van der Waals surface area contributed by atoms with Crippen molar-refractivity contribution in [1.82, 2.24) is 20.2 Å². The first-order valence-electron chi connectivity index (χ1n) is 6.94. The quantitative estimate of drug-likeness (QED) is 0.885. The molecule has 0 radical (unpaired) electrons. The number of aromatic nitrogens is 4. The minimum Gasteiger partial charge on any atom is -0.372 e. The van der Waals surface area contributed by atoms with E-state index in [0.29, 0.717) is 24.1 Å².